The summed E-state index contributed by atoms with van der Waals surface area (Å²) in [6.45, 7) is 0. The predicted octanol–water partition coefficient (Wildman–Crippen LogP) is 1.96. The first-order chi connectivity index (χ1) is 8.20. The lowest BCUT2D eigenvalue weighted by Gasteiger charge is -2.02. The molecule has 0 spiro atoms. The lowest BCUT2D eigenvalue weighted by molar-refractivity contribution is 0.0990. The molecule has 1 aromatic heterocycles. The third-order valence-electron chi connectivity index (χ3n) is 2.26. The molecule has 1 heterocycles. The molecule has 0 fully saturated rings. The Labute approximate surface area is 103 Å². The normalized spacial score (nSPS) is 10.2. The standard InChI is InChI=1S/C12H11N3OS/c1-17-9-4-2-8(3-5-9)10-6-7-14-12(15-10)11(13)16/h2-7H,1H3,(H2,13,16). The first-order valence-electron chi connectivity index (χ1n) is 4.98. The van der Waals surface area contributed by atoms with Crippen molar-refractivity contribution >= 4 is 17.7 Å². The summed E-state index contributed by atoms with van der Waals surface area (Å²) in [4.78, 5) is 20.1. The number of rotatable bonds is 3. The van der Waals surface area contributed by atoms with E-state index in [9.17, 15) is 4.79 Å². The second-order valence-corrected chi connectivity index (χ2v) is 4.24. The molecule has 1 aromatic carbocycles. The summed E-state index contributed by atoms with van der Waals surface area (Å²) in [6, 6.07) is 9.68. The molecule has 17 heavy (non-hydrogen) atoms. The van der Waals surface area contributed by atoms with Crippen LogP contribution in [0, 0.1) is 0 Å². The summed E-state index contributed by atoms with van der Waals surface area (Å²) in [5.41, 5.74) is 6.77. The highest BCUT2D eigenvalue weighted by molar-refractivity contribution is 7.98. The lowest BCUT2D eigenvalue weighted by atomic mass is 10.1. The number of primary amides is 1. The molecule has 0 bridgehead atoms. The average Bonchev–Trinajstić information content (AvgIpc) is 2.39. The number of aromatic nitrogens is 2. The summed E-state index contributed by atoms with van der Waals surface area (Å²) in [5, 5.41) is 0. The smallest absolute Gasteiger partial charge is 0.286 e. The quantitative estimate of drug-likeness (QED) is 0.839. The van der Waals surface area contributed by atoms with Crippen LogP contribution in [0.15, 0.2) is 41.4 Å². The zero-order chi connectivity index (χ0) is 12.3. The molecule has 4 nitrogen and oxygen atoms in total. The van der Waals surface area contributed by atoms with Crippen molar-refractivity contribution in [2.24, 2.45) is 5.73 Å². The minimum Gasteiger partial charge on any atom is -0.363 e. The van der Waals surface area contributed by atoms with E-state index < -0.39 is 5.91 Å². The molecule has 0 radical (unpaired) electrons. The molecular formula is C12H11N3OS. The van der Waals surface area contributed by atoms with Crippen LogP contribution in [0.1, 0.15) is 10.6 Å². The summed E-state index contributed by atoms with van der Waals surface area (Å²) in [5.74, 6) is -0.580. The zero-order valence-corrected chi connectivity index (χ0v) is 10.1. The Bertz CT molecular complexity index is 540. The van der Waals surface area contributed by atoms with Gasteiger partial charge in [0.2, 0.25) is 5.82 Å². The van der Waals surface area contributed by atoms with Crippen molar-refractivity contribution in [2.75, 3.05) is 6.26 Å². The third kappa shape index (κ3) is 2.62. The molecule has 0 atom stereocenters. The molecule has 0 aliphatic rings. The van der Waals surface area contributed by atoms with E-state index in [0.29, 0.717) is 5.69 Å². The van der Waals surface area contributed by atoms with Gasteiger partial charge in [-0.3, -0.25) is 4.79 Å². The van der Waals surface area contributed by atoms with Gasteiger partial charge in [-0.05, 0) is 24.5 Å². The van der Waals surface area contributed by atoms with E-state index in [1.807, 2.05) is 30.5 Å². The van der Waals surface area contributed by atoms with Gasteiger partial charge in [0, 0.05) is 16.7 Å². The number of amides is 1. The van der Waals surface area contributed by atoms with Crippen molar-refractivity contribution in [2.45, 2.75) is 4.90 Å². The summed E-state index contributed by atoms with van der Waals surface area (Å²) in [7, 11) is 0. The van der Waals surface area contributed by atoms with Gasteiger partial charge in [0.05, 0.1) is 5.69 Å². The molecule has 2 rings (SSSR count). The molecule has 86 valence electrons. The molecule has 2 aromatic rings. The predicted molar refractivity (Wildman–Crippen MR) is 67.8 cm³/mol. The van der Waals surface area contributed by atoms with Crippen LogP contribution in [-0.4, -0.2) is 22.1 Å². The van der Waals surface area contributed by atoms with Crippen molar-refractivity contribution in [3.8, 4) is 11.3 Å². The summed E-state index contributed by atoms with van der Waals surface area (Å²) < 4.78 is 0. The van der Waals surface area contributed by atoms with Gasteiger partial charge in [0.1, 0.15) is 0 Å². The molecule has 0 unspecified atom stereocenters. The van der Waals surface area contributed by atoms with Crippen molar-refractivity contribution in [1.82, 2.24) is 9.97 Å². The highest BCUT2D eigenvalue weighted by Crippen LogP contribution is 2.21. The number of thioether (sulfide) groups is 1. The Hall–Kier alpha value is -1.88. The van der Waals surface area contributed by atoms with E-state index in [-0.39, 0.29) is 5.82 Å². The molecule has 0 aliphatic heterocycles. The number of benzene rings is 1. The van der Waals surface area contributed by atoms with E-state index in [4.69, 9.17) is 5.73 Å². The van der Waals surface area contributed by atoms with Crippen LogP contribution in [0.3, 0.4) is 0 Å². The Kier molecular flexibility index (Phi) is 3.39. The van der Waals surface area contributed by atoms with Gasteiger partial charge in [0.15, 0.2) is 0 Å². The van der Waals surface area contributed by atoms with Crippen molar-refractivity contribution < 1.29 is 4.79 Å². The van der Waals surface area contributed by atoms with E-state index >= 15 is 0 Å². The molecule has 2 N–H and O–H groups in total. The van der Waals surface area contributed by atoms with Crippen LogP contribution in [0.2, 0.25) is 0 Å². The van der Waals surface area contributed by atoms with Gasteiger partial charge < -0.3 is 5.73 Å². The minimum absolute atomic E-state index is 0.0384. The van der Waals surface area contributed by atoms with Crippen LogP contribution < -0.4 is 5.73 Å². The Morgan fingerprint density at radius 1 is 1.24 bits per heavy atom. The molecule has 0 saturated carbocycles. The molecule has 1 amide bonds. The van der Waals surface area contributed by atoms with Crippen LogP contribution in [0.5, 0.6) is 0 Å². The lowest BCUT2D eigenvalue weighted by Crippen LogP contribution is -2.15. The van der Waals surface area contributed by atoms with Crippen LogP contribution in [-0.2, 0) is 0 Å². The third-order valence-corrected chi connectivity index (χ3v) is 3.01. The number of nitrogens with two attached hydrogens (primary N) is 1. The van der Waals surface area contributed by atoms with Crippen LogP contribution in [0.4, 0.5) is 0 Å². The van der Waals surface area contributed by atoms with Crippen LogP contribution >= 0.6 is 11.8 Å². The first kappa shape index (κ1) is 11.6. The second kappa shape index (κ2) is 4.97. The van der Waals surface area contributed by atoms with E-state index in [0.717, 1.165) is 5.56 Å². The maximum atomic E-state index is 11.0. The fourth-order valence-electron chi connectivity index (χ4n) is 1.40. The van der Waals surface area contributed by atoms with Crippen LogP contribution in [0.25, 0.3) is 11.3 Å². The second-order valence-electron chi connectivity index (χ2n) is 3.36. The van der Waals surface area contributed by atoms with E-state index in [1.165, 1.54) is 11.1 Å². The molecule has 0 aliphatic carbocycles. The Balaban J connectivity index is 2.38. The number of hydrogen-bond acceptors (Lipinski definition) is 4. The SMILES string of the molecule is CSc1ccc(-c2ccnc(C(N)=O)n2)cc1. The Morgan fingerprint density at radius 2 is 1.94 bits per heavy atom. The van der Waals surface area contributed by atoms with E-state index in [2.05, 4.69) is 9.97 Å². The van der Waals surface area contributed by atoms with Gasteiger partial charge in [0.25, 0.3) is 5.91 Å². The molecule has 0 saturated heterocycles. The first-order valence-corrected chi connectivity index (χ1v) is 6.20. The highest BCUT2D eigenvalue weighted by atomic mass is 32.2. The van der Waals surface area contributed by atoms with Crippen molar-refractivity contribution in [3.63, 3.8) is 0 Å². The maximum absolute atomic E-state index is 11.0. The number of carbonyl (C=O) groups excluding carboxylic acids is 1. The van der Waals surface area contributed by atoms with E-state index in [1.54, 1.807) is 17.8 Å². The number of nitrogens with zero attached hydrogens (tertiary/aromatic N) is 2. The fraction of sp³-hybridized carbons (Fsp3) is 0.0833. The van der Waals surface area contributed by atoms with Gasteiger partial charge in [-0.2, -0.15) is 0 Å². The fourth-order valence-corrected chi connectivity index (χ4v) is 1.81. The molecule has 5 heteroatoms. The highest BCUT2D eigenvalue weighted by Gasteiger charge is 2.06. The molecular weight excluding hydrogens is 234 g/mol. The number of hydrogen-bond donors (Lipinski definition) is 1. The van der Waals surface area contributed by atoms with Gasteiger partial charge in [-0.1, -0.05) is 12.1 Å². The summed E-state index contributed by atoms with van der Waals surface area (Å²) >= 11 is 1.67. The summed E-state index contributed by atoms with van der Waals surface area (Å²) in [6.07, 6.45) is 3.55. The largest absolute Gasteiger partial charge is 0.363 e. The topological polar surface area (TPSA) is 68.9 Å². The van der Waals surface area contributed by atoms with Crippen molar-refractivity contribution in [3.05, 3.63) is 42.4 Å². The average molecular weight is 245 g/mol. The van der Waals surface area contributed by atoms with Gasteiger partial charge in [-0.15, -0.1) is 11.8 Å². The van der Waals surface area contributed by atoms with Gasteiger partial charge in [-0.25, -0.2) is 9.97 Å². The Morgan fingerprint density at radius 3 is 2.53 bits per heavy atom. The monoisotopic (exact) mass is 245 g/mol. The minimum atomic E-state index is -0.618. The zero-order valence-electron chi connectivity index (χ0n) is 9.25. The number of carbonyl (C=O) groups is 1. The maximum Gasteiger partial charge on any atom is 0.286 e. The van der Waals surface area contributed by atoms with Crippen molar-refractivity contribution in [1.29, 1.82) is 0 Å². The van der Waals surface area contributed by atoms with Gasteiger partial charge >= 0.3 is 0 Å².